The molecule has 3 aromatic rings. The number of ether oxygens (including phenoxy) is 3. The first kappa shape index (κ1) is 17.5. The fourth-order valence-corrected chi connectivity index (χ4v) is 3.63. The average molecular weight is 365 g/mol. The summed E-state index contributed by atoms with van der Waals surface area (Å²) in [6, 6.07) is 12.2. The second-order valence-electron chi connectivity index (χ2n) is 6.62. The third-order valence-electron chi connectivity index (χ3n) is 5.07. The highest BCUT2D eigenvalue weighted by atomic mass is 16.5. The standard InChI is InChI=1S/C21H23N3O3/c1-14-6-4-5-7-15(14)21-13-24(8-9-27-21)18-12-22-23-17-11-20(26-3)19(25-2)10-16(17)18/h4-7,10-12,21H,8-9,13H2,1-3H3. The van der Waals surface area contributed by atoms with Gasteiger partial charge in [-0.25, -0.2) is 0 Å². The Bertz CT molecular complexity index is 961. The van der Waals surface area contributed by atoms with Crippen LogP contribution in [0.2, 0.25) is 0 Å². The van der Waals surface area contributed by atoms with Crippen molar-refractivity contribution in [2.45, 2.75) is 13.0 Å². The van der Waals surface area contributed by atoms with Crippen LogP contribution in [0, 0.1) is 6.92 Å². The Morgan fingerprint density at radius 3 is 2.67 bits per heavy atom. The van der Waals surface area contributed by atoms with Crippen LogP contribution in [-0.4, -0.2) is 44.1 Å². The number of morpholine rings is 1. The highest BCUT2D eigenvalue weighted by Gasteiger charge is 2.25. The summed E-state index contributed by atoms with van der Waals surface area (Å²) in [4.78, 5) is 2.31. The van der Waals surface area contributed by atoms with Crippen molar-refractivity contribution in [3.05, 3.63) is 53.7 Å². The lowest BCUT2D eigenvalue weighted by Crippen LogP contribution is -2.38. The van der Waals surface area contributed by atoms with E-state index in [1.807, 2.05) is 18.3 Å². The van der Waals surface area contributed by atoms with Crippen molar-refractivity contribution in [1.82, 2.24) is 10.2 Å². The molecule has 6 heteroatoms. The molecule has 1 aliphatic heterocycles. The zero-order valence-corrected chi connectivity index (χ0v) is 15.8. The molecule has 0 bridgehead atoms. The van der Waals surface area contributed by atoms with Crippen LogP contribution >= 0.6 is 0 Å². The Hall–Kier alpha value is -2.86. The number of hydrogen-bond donors (Lipinski definition) is 0. The Morgan fingerprint density at radius 2 is 1.89 bits per heavy atom. The lowest BCUT2D eigenvalue weighted by molar-refractivity contribution is 0.0395. The van der Waals surface area contributed by atoms with Gasteiger partial charge in [-0.2, -0.15) is 10.2 Å². The molecule has 27 heavy (non-hydrogen) atoms. The smallest absolute Gasteiger partial charge is 0.162 e. The Kier molecular flexibility index (Phi) is 4.81. The third kappa shape index (κ3) is 3.28. The molecule has 0 amide bonds. The molecule has 1 atom stereocenters. The number of aryl methyl sites for hydroxylation is 1. The molecule has 2 aromatic carbocycles. The SMILES string of the molecule is COc1cc2nncc(N3CCOC(c4ccccc4C)C3)c2cc1OC. The Balaban J connectivity index is 1.72. The lowest BCUT2D eigenvalue weighted by Gasteiger charge is -2.35. The molecular formula is C21H23N3O3. The topological polar surface area (TPSA) is 56.7 Å². The monoisotopic (exact) mass is 365 g/mol. The maximum absolute atomic E-state index is 6.07. The summed E-state index contributed by atoms with van der Waals surface area (Å²) in [6.07, 6.45) is 1.84. The summed E-state index contributed by atoms with van der Waals surface area (Å²) in [5.41, 5.74) is 4.29. The number of rotatable bonds is 4. The second-order valence-corrected chi connectivity index (χ2v) is 6.62. The normalized spacial score (nSPS) is 17.1. The van der Waals surface area contributed by atoms with Crippen molar-refractivity contribution in [3.8, 4) is 11.5 Å². The molecule has 6 nitrogen and oxygen atoms in total. The Labute approximate surface area is 158 Å². The number of anilines is 1. The zero-order valence-electron chi connectivity index (χ0n) is 15.8. The lowest BCUT2D eigenvalue weighted by atomic mass is 10.0. The summed E-state index contributed by atoms with van der Waals surface area (Å²) in [7, 11) is 3.26. The van der Waals surface area contributed by atoms with Crippen LogP contribution in [0.4, 0.5) is 5.69 Å². The molecule has 1 aromatic heterocycles. The number of nitrogens with zero attached hydrogens (tertiary/aromatic N) is 3. The summed E-state index contributed by atoms with van der Waals surface area (Å²) < 4.78 is 16.9. The first-order valence-electron chi connectivity index (χ1n) is 9.00. The maximum atomic E-state index is 6.07. The Morgan fingerprint density at radius 1 is 1.11 bits per heavy atom. The molecular weight excluding hydrogens is 342 g/mol. The zero-order chi connectivity index (χ0) is 18.8. The minimum Gasteiger partial charge on any atom is -0.493 e. The van der Waals surface area contributed by atoms with Crippen molar-refractivity contribution >= 4 is 16.6 Å². The van der Waals surface area contributed by atoms with E-state index in [0.717, 1.165) is 29.7 Å². The molecule has 2 heterocycles. The van der Waals surface area contributed by atoms with Crippen molar-refractivity contribution in [2.75, 3.05) is 38.8 Å². The first-order valence-corrected chi connectivity index (χ1v) is 9.00. The van der Waals surface area contributed by atoms with Crippen molar-refractivity contribution in [2.24, 2.45) is 0 Å². The quantitative estimate of drug-likeness (QED) is 0.705. The van der Waals surface area contributed by atoms with Crippen molar-refractivity contribution in [3.63, 3.8) is 0 Å². The molecule has 1 aliphatic rings. The van der Waals surface area contributed by atoms with Crippen LogP contribution in [0.1, 0.15) is 17.2 Å². The summed E-state index contributed by atoms with van der Waals surface area (Å²) in [5.74, 6) is 1.33. The molecule has 0 spiro atoms. The predicted molar refractivity (Wildman–Crippen MR) is 105 cm³/mol. The largest absolute Gasteiger partial charge is 0.493 e. The number of fused-ring (bicyclic) bond motifs is 1. The minimum atomic E-state index is 0.0308. The third-order valence-corrected chi connectivity index (χ3v) is 5.07. The van der Waals surface area contributed by atoms with Gasteiger partial charge < -0.3 is 19.1 Å². The van der Waals surface area contributed by atoms with E-state index < -0.39 is 0 Å². The highest BCUT2D eigenvalue weighted by Crippen LogP contribution is 2.36. The van der Waals surface area contributed by atoms with Gasteiger partial charge in [0.1, 0.15) is 6.10 Å². The summed E-state index contributed by atoms with van der Waals surface area (Å²) >= 11 is 0. The van der Waals surface area contributed by atoms with Crippen molar-refractivity contribution < 1.29 is 14.2 Å². The fourth-order valence-electron chi connectivity index (χ4n) is 3.63. The summed E-state index contributed by atoms with van der Waals surface area (Å²) in [5, 5.41) is 9.47. The van der Waals surface area contributed by atoms with Crippen LogP contribution in [0.15, 0.2) is 42.6 Å². The van der Waals surface area contributed by atoms with Crippen LogP contribution < -0.4 is 14.4 Å². The highest BCUT2D eigenvalue weighted by molar-refractivity contribution is 5.93. The van der Waals surface area contributed by atoms with E-state index in [1.54, 1.807) is 14.2 Å². The average Bonchev–Trinajstić information content (AvgIpc) is 2.72. The summed E-state index contributed by atoms with van der Waals surface area (Å²) in [6.45, 7) is 4.35. The van der Waals surface area contributed by atoms with Gasteiger partial charge in [0.2, 0.25) is 0 Å². The molecule has 1 fully saturated rings. The second kappa shape index (κ2) is 7.40. The molecule has 0 radical (unpaired) electrons. The molecule has 4 rings (SSSR count). The van der Waals surface area contributed by atoms with E-state index in [2.05, 4.69) is 46.3 Å². The molecule has 0 N–H and O–H groups in total. The van der Waals surface area contributed by atoms with Crippen LogP contribution in [-0.2, 0) is 4.74 Å². The van der Waals surface area contributed by atoms with Gasteiger partial charge in [0.05, 0.1) is 38.2 Å². The molecule has 0 saturated carbocycles. The molecule has 140 valence electrons. The molecule has 1 saturated heterocycles. The van der Waals surface area contributed by atoms with Crippen molar-refractivity contribution in [1.29, 1.82) is 0 Å². The van der Waals surface area contributed by atoms with E-state index in [4.69, 9.17) is 14.2 Å². The number of methoxy groups -OCH3 is 2. The molecule has 0 aliphatic carbocycles. The fraction of sp³-hybridized carbons (Fsp3) is 0.333. The van der Waals surface area contributed by atoms with Crippen LogP contribution in [0.25, 0.3) is 10.9 Å². The van der Waals surface area contributed by atoms with Gasteiger partial charge >= 0.3 is 0 Å². The maximum Gasteiger partial charge on any atom is 0.162 e. The van der Waals surface area contributed by atoms with Gasteiger partial charge in [0, 0.05) is 24.5 Å². The predicted octanol–water partition coefficient (Wildman–Crippen LogP) is 3.53. The van der Waals surface area contributed by atoms with Crippen LogP contribution in [0.3, 0.4) is 0 Å². The van der Waals surface area contributed by atoms with E-state index in [9.17, 15) is 0 Å². The minimum absolute atomic E-state index is 0.0308. The van der Waals surface area contributed by atoms with Gasteiger partial charge in [0.25, 0.3) is 0 Å². The van der Waals surface area contributed by atoms with Crippen LogP contribution in [0.5, 0.6) is 11.5 Å². The number of benzene rings is 2. The number of hydrogen-bond acceptors (Lipinski definition) is 6. The van der Waals surface area contributed by atoms with Gasteiger partial charge in [-0.05, 0) is 24.1 Å². The van der Waals surface area contributed by atoms with Gasteiger partial charge in [-0.1, -0.05) is 24.3 Å². The van der Waals surface area contributed by atoms with E-state index in [0.29, 0.717) is 18.1 Å². The van der Waals surface area contributed by atoms with Gasteiger partial charge in [-0.3, -0.25) is 0 Å². The van der Waals surface area contributed by atoms with Gasteiger partial charge in [0.15, 0.2) is 11.5 Å². The molecule has 1 unspecified atom stereocenters. The number of aromatic nitrogens is 2. The first-order chi connectivity index (χ1) is 13.2. The van der Waals surface area contributed by atoms with Gasteiger partial charge in [-0.15, -0.1) is 0 Å². The van der Waals surface area contributed by atoms with E-state index >= 15 is 0 Å². The van der Waals surface area contributed by atoms with E-state index in [1.165, 1.54) is 11.1 Å². The van der Waals surface area contributed by atoms with E-state index in [-0.39, 0.29) is 6.10 Å².